The summed E-state index contributed by atoms with van der Waals surface area (Å²) < 4.78 is 5.10. The first-order valence-corrected chi connectivity index (χ1v) is 7.59. The van der Waals surface area contributed by atoms with E-state index in [0.717, 1.165) is 17.1 Å². The average molecular weight is 332 g/mol. The molecule has 3 rings (SSSR count). The second-order valence-corrected chi connectivity index (χ2v) is 5.13. The zero-order chi connectivity index (χ0) is 17.5. The van der Waals surface area contributed by atoms with Crippen LogP contribution in [-0.2, 0) is 0 Å². The van der Waals surface area contributed by atoms with Gasteiger partial charge in [0.1, 0.15) is 11.5 Å². The maximum Gasteiger partial charge on any atom is 0.119 e. The summed E-state index contributed by atoms with van der Waals surface area (Å²) in [4.78, 5) is 0. The molecule has 6 nitrogen and oxygen atoms in total. The van der Waals surface area contributed by atoms with Gasteiger partial charge in [-0.3, -0.25) is 0 Å². The number of ether oxygens (including phenoxy) is 1. The van der Waals surface area contributed by atoms with Crippen LogP contribution in [0, 0.1) is 0 Å². The summed E-state index contributed by atoms with van der Waals surface area (Å²) in [7, 11) is 1.62. The van der Waals surface area contributed by atoms with Crippen molar-refractivity contribution >= 4 is 22.7 Å². The van der Waals surface area contributed by atoms with Crippen LogP contribution in [0.25, 0.3) is 0 Å². The Bertz CT molecular complexity index is 871. The Morgan fingerprint density at radius 2 is 0.880 bits per heavy atom. The molecule has 0 saturated carbocycles. The lowest BCUT2D eigenvalue weighted by Gasteiger charge is -1.98. The Balaban J connectivity index is 1.65. The molecule has 0 fully saturated rings. The molecule has 3 aromatic carbocycles. The normalized spacial score (nSPS) is 11.2. The van der Waals surface area contributed by atoms with Crippen molar-refractivity contribution in [3.8, 4) is 11.5 Å². The number of methoxy groups -OCH3 is 1. The van der Waals surface area contributed by atoms with Crippen molar-refractivity contribution in [3.63, 3.8) is 0 Å². The summed E-state index contributed by atoms with van der Waals surface area (Å²) in [6, 6.07) is 21.1. The number of benzene rings is 3. The van der Waals surface area contributed by atoms with Crippen LogP contribution in [0.4, 0.5) is 22.7 Å². The molecule has 0 atom stereocenters. The summed E-state index contributed by atoms with van der Waals surface area (Å²) in [5.74, 6) is 0.979. The molecule has 0 amide bonds. The van der Waals surface area contributed by atoms with Gasteiger partial charge >= 0.3 is 0 Å². The number of hydrogen-bond donors (Lipinski definition) is 1. The smallest absolute Gasteiger partial charge is 0.119 e. The Labute approximate surface area is 145 Å². The molecule has 124 valence electrons. The highest BCUT2D eigenvalue weighted by Gasteiger charge is 1.95. The molecule has 0 aliphatic heterocycles. The molecule has 6 heteroatoms. The number of phenols is 1. The van der Waals surface area contributed by atoms with Crippen molar-refractivity contribution < 1.29 is 9.84 Å². The van der Waals surface area contributed by atoms with E-state index in [2.05, 4.69) is 20.5 Å². The van der Waals surface area contributed by atoms with Crippen molar-refractivity contribution in [2.75, 3.05) is 7.11 Å². The van der Waals surface area contributed by atoms with Crippen LogP contribution < -0.4 is 4.74 Å². The van der Waals surface area contributed by atoms with Gasteiger partial charge in [-0.1, -0.05) is 0 Å². The topological polar surface area (TPSA) is 78.9 Å². The lowest BCUT2D eigenvalue weighted by molar-refractivity contribution is 0.415. The van der Waals surface area contributed by atoms with Gasteiger partial charge in [0.05, 0.1) is 29.9 Å². The average Bonchev–Trinajstić information content (AvgIpc) is 2.67. The van der Waals surface area contributed by atoms with E-state index < -0.39 is 0 Å². The van der Waals surface area contributed by atoms with Crippen LogP contribution in [0.2, 0.25) is 0 Å². The molecule has 0 aromatic heterocycles. The number of azo groups is 2. The second-order valence-electron chi connectivity index (χ2n) is 5.13. The van der Waals surface area contributed by atoms with Gasteiger partial charge in [-0.05, 0) is 72.8 Å². The lowest BCUT2D eigenvalue weighted by Crippen LogP contribution is -1.79. The van der Waals surface area contributed by atoms with Gasteiger partial charge in [0.2, 0.25) is 0 Å². The van der Waals surface area contributed by atoms with E-state index in [4.69, 9.17) is 4.74 Å². The molecule has 3 aromatic rings. The van der Waals surface area contributed by atoms with Crippen molar-refractivity contribution in [1.29, 1.82) is 0 Å². The minimum absolute atomic E-state index is 0.200. The molecule has 0 spiro atoms. The van der Waals surface area contributed by atoms with Gasteiger partial charge in [0.15, 0.2) is 0 Å². The third kappa shape index (κ3) is 4.71. The summed E-state index contributed by atoms with van der Waals surface area (Å²) in [6.45, 7) is 0. The third-order valence-corrected chi connectivity index (χ3v) is 3.33. The Morgan fingerprint density at radius 3 is 1.24 bits per heavy atom. The molecular weight excluding hydrogens is 316 g/mol. The van der Waals surface area contributed by atoms with Crippen molar-refractivity contribution in [1.82, 2.24) is 0 Å². The van der Waals surface area contributed by atoms with Gasteiger partial charge in [-0.2, -0.15) is 20.5 Å². The highest BCUT2D eigenvalue weighted by Crippen LogP contribution is 2.24. The van der Waals surface area contributed by atoms with Crippen LogP contribution in [0.15, 0.2) is 93.3 Å². The van der Waals surface area contributed by atoms with Crippen LogP contribution in [0.3, 0.4) is 0 Å². The zero-order valence-corrected chi connectivity index (χ0v) is 13.6. The SMILES string of the molecule is COc1ccc(N=Nc2ccc(N=Nc3ccc(O)cc3)cc2)cc1. The molecular formula is C19H16N4O2. The standard InChI is InChI=1S/C19H16N4O2/c1-25-19-12-8-17(9-13-19)23-21-15-4-2-14(3-5-15)20-22-16-6-10-18(24)11-7-16/h2-13,24H,1H3. The summed E-state index contributed by atoms with van der Waals surface area (Å²) >= 11 is 0. The Morgan fingerprint density at radius 1 is 0.560 bits per heavy atom. The monoisotopic (exact) mass is 332 g/mol. The molecule has 0 radical (unpaired) electrons. The Kier molecular flexibility index (Phi) is 5.11. The summed E-state index contributed by atoms with van der Waals surface area (Å²) in [6.07, 6.45) is 0. The molecule has 25 heavy (non-hydrogen) atoms. The quantitative estimate of drug-likeness (QED) is 0.562. The van der Waals surface area contributed by atoms with Gasteiger partial charge < -0.3 is 9.84 Å². The highest BCUT2D eigenvalue weighted by atomic mass is 16.5. The van der Waals surface area contributed by atoms with Gasteiger partial charge in [0.25, 0.3) is 0 Å². The third-order valence-electron chi connectivity index (χ3n) is 3.33. The van der Waals surface area contributed by atoms with Crippen molar-refractivity contribution in [2.24, 2.45) is 20.5 Å². The fourth-order valence-electron chi connectivity index (χ4n) is 1.99. The first-order chi connectivity index (χ1) is 12.2. The molecule has 0 bridgehead atoms. The van der Waals surface area contributed by atoms with E-state index in [1.54, 1.807) is 31.4 Å². The fourth-order valence-corrected chi connectivity index (χ4v) is 1.99. The summed E-state index contributed by atoms with van der Waals surface area (Å²) in [5, 5.41) is 25.8. The molecule has 0 heterocycles. The number of hydrogen-bond acceptors (Lipinski definition) is 6. The highest BCUT2D eigenvalue weighted by molar-refractivity contribution is 5.48. The largest absolute Gasteiger partial charge is 0.508 e. The van der Waals surface area contributed by atoms with E-state index in [-0.39, 0.29) is 5.75 Å². The molecule has 0 aliphatic rings. The van der Waals surface area contributed by atoms with Gasteiger partial charge in [0, 0.05) is 0 Å². The molecule has 0 saturated heterocycles. The Hall–Kier alpha value is -3.54. The summed E-state index contributed by atoms with van der Waals surface area (Å²) in [5.41, 5.74) is 2.84. The predicted octanol–water partition coefficient (Wildman–Crippen LogP) is 6.23. The number of phenolic OH excluding ortho intramolecular Hbond substituents is 1. The maximum atomic E-state index is 9.23. The minimum Gasteiger partial charge on any atom is -0.508 e. The van der Waals surface area contributed by atoms with Crippen LogP contribution in [0.5, 0.6) is 11.5 Å². The van der Waals surface area contributed by atoms with Crippen LogP contribution in [-0.4, -0.2) is 12.2 Å². The molecule has 0 unspecified atom stereocenters. The van der Waals surface area contributed by atoms with E-state index in [1.165, 1.54) is 0 Å². The number of aromatic hydroxyl groups is 1. The van der Waals surface area contributed by atoms with Gasteiger partial charge in [-0.15, -0.1) is 0 Å². The second kappa shape index (κ2) is 7.83. The van der Waals surface area contributed by atoms with Crippen molar-refractivity contribution in [3.05, 3.63) is 72.8 Å². The fraction of sp³-hybridized carbons (Fsp3) is 0.0526. The molecule has 1 N–H and O–H groups in total. The van der Waals surface area contributed by atoms with Crippen LogP contribution >= 0.6 is 0 Å². The molecule has 0 aliphatic carbocycles. The maximum absolute atomic E-state index is 9.23. The minimum atomic E-state index is 0.200. The lowest BCUT2D eigenvalue weighted by atomic mass is 10.3. The number of nitrogens with zero attached hydrogens (tertiary/aromatic N) is 4. The van der Waals surface area contributed by atoms with Gasteiger partial charge in [-0.25, -0.2) is 0 Å². The zero-order valence-electron chi connectivity index (χ0n) is 13.6. The van der Waals surface area contributed by atoms with E-state index in [0.29, 0.717) is 11.4 Å². The predicted molar refractivity (Wildman–Crippen MR) is 95.9 cm³/mol. The van der Waals surface area contributed by atoms with E-state index in [9.17, 15) is 5.11 Å². The first kappa shape index (κ1) is 16.3. The van der Waals surface area contributed by atoms with Crippen LogP contribution in [0.1, 0.15) is 0 Å². The van der Waals surface area contributed by atoms with E-state index >= 15 is 0 Å². The number of rotatable bonds is 5. The first-order valence-electron chi connectivity index (χ1n) is 7.59. The van der Waals surface area contributed by atoms with Crippen molar-refractivity contribution in [2.45, 2.75) is 0 Å². The van der Waals surface area contributed by atoms with E-state index in [1.807, 2.05) is 48.5 Å².